The van der Waals surface area contributed by atoms with Crippen LogP contribution in [0, 0.1) is 6.92 Å². The van der Waals surface area contributed by atoms with Crippen molar-refractivity contribution in [2.45, 2.75) is 19.9 Å². The lowest BCUT2D eigenvalue weighted by molar-refractivity contribution is 0.398. The number of anilines is 1. The van der Waals surface area contributed by atoms with Crippen LogP contribution in [0.4, 0.5) is 5.69 Å². The van der Waals surface area contributed by atoms with Crippen molar-refractivity contribution in [1.29, 1.82) is 0 Å². The first-order valence-electron chi connectivity index (χ1n) is 7.41. The minimum absolute atomic E-state index is 0.0997. The zero-order valence-corrected chi connectivity index (χ0v) is 13.4. The van der Waals surface area contributed by atoms with Crippen LogP contribution in [0.1, 0.15) is 24.2 Å². The highest BCUT2D eigenvalue weighted by Crippen LogP contribution is 2.23. The highest BCUT2D eigenvalue weighted by Gasteiger charge is 2.14. The number of pyridine rings is 2. The van der Waals surface area contributed by atoms with E-state index in [9.17, 15) is 0 Å². The van der Waals surface area contributed by atoms with Gasteiger partial charge in [0.15, 0.2) is 5.82 Å². The number of nitrogens with one attached hydrogen (secondary N) is 1. The Morgan fingerprint density at radius 3 is 2.65 bits per heavy atom. The molecule has 1 N–H and O–H groups in total. The maximum Gasteiger partial charge on any atom is 0.213 e. The molecule has 23 heavy (non-hydrogen) atoms. The molecule has 118 valence electrons. The number of hydrogen-bond acceptors (Lipinski definition) is 5. The Bertz CT molecular complexity index is 767. The SMILES string of the molecule is COc1ccc(NC(C)c2cnn(-c3ccccn3)c2C)cn1. The predicted molar refractivity (Wildman–Crippen MR) is 88.9 cm³/mol. The molecule has 3 aromatic heterocycles. The van der Waals surface area contributed by atoms with Gasteiger partial charge in [-0.05, 0) is 32.0 Å². The third-order valence-electron chi connectivity index (χ3n) is 3.71. The molecule has 0 fully saturated rings. The summed E-state index contributed by atoms with van der Waals surface area (Å²) >= 11 is 0. The second-order valence-corrected chi connectivity index (χ2v) is 5.24. The Morgan fingerprint density at radius 1 is 1.13 bits per heavy atom. The zero-order valence-electron chi connectivity index (χ0n) is 13.4. The van der Waals surface area contributed by atoms with Crippen molar-refractivity contribution in [2.75, 3.05) is 12.4 Å². The van der Waals surface area contributed by atoms with Gasteiger partial charge < -0.3 is 10.1 Å². The first kappa shape index (κ1) is 15.0. The molecular weight excluding hydrogens is 290 g/mol. The minimum Gasteiger partial charge on any atom is -0.481 e. The standard InChI is InChI=1S/C17H19N5O/c1-12(21-14-7-8-17(23-3)19-10-14)15-11-20-22(13(15)2)16-6-4-5-9-18-16/h4-12,21H,1-3H3. The second kappa shape index (κ2) is 6.48. The van der Waals surface area contributed by atoms with Crippen LogP contribution in [0.2, 0.25) is 0 Å². The van der Waals surface area contributed by atoms with E-state index < -0.39 is 0 Å². The molecule has 3 heterocycles. The number of aromatic nitrogens is 4. The van der Waals surface area contributed by atoms with Gasteiger partial charge in [0.2, 0.25) is 5.88 Å². The third-order valence-corrected chi connectivity index (χ3v) is 3.71. The van der Waals surface area contributed by atoms with Crippen molar-refractivity contribution in [3.05, 3.63) is 60.2 Å². The minimum atomic E-state index is 0.0997. The van der Waals surface area contributed by atoms with E-state index in [-0.39, 0.29) is 6.04 Å². The summed E-state index contributed by atoms with van der Waals surface area (Å²) in [5.74, 6) is 1.41. The Balaban J connectivity index is 1.80. The van der Waals surface area contributed by atoms with E-state index in [1.165, 1.54) is 0 Å². The molecule has 0 radical (unpaired) electrons. The lowest BCUT2D eigenvalue weighted by Gasteiger charge is -2.15. The lowest BCUT2D eigenvalue weighted by atomic mass is 10.1. The van der Waals surface area contributed by atoms with Crippen molar-refractivity contribution in [3.63, 3.8) is 0 Å². The highest BCUT2D eigenvalue weighted by molar-refractivity contribution is 5.45. The van der Waals surface area contributed by atoms with Gasteiger partial charge in [0.1, 0.15) is 0 Å². The largest absolute Gasteiger partial charge is 0.481 e. The summed E-state index contributed by atoms with van der Waals surface area (Å²) in [6.07, 6.45) is 5.40. The average Bonchev–Trinajstić information content (AvgIpc) is 2.98. The molecule has 1 unspecified atom stereocenters. The normalized spacial score (nSPS) is 12.0. The Labute approximate surface area is 135 Å². The first-order chi connectivity index (χ1) is 11.2. The molecule has 3 rings (SSSR count). The van der Waals surface area contributed by atoms with Crippen molar-refractivity contribution in [2.24, 2.45) is 0 Å². The molecule has 0 aliphatic rings. The fourth-order valence-electron chi connectivity index (χ4n) is 2.47. The summed E-state index contributed by atoms with van der Waals surface area (Å²) in [5, 5.41) is 7.88. The molecule has 0 saturated carbocycles. The van der Waals surface area contributed by atoms with Crippen molar-refractivity contribution in [3.8, 4) is 11.7 Å². The Hall–Kier alpha value is -2.89. The summed E-state index contributed by atoms with van der Waals surface area (Å²) in [4.78, 5) is 8.55. The molecule has 0 aliphatic carbocycles. The van der Waals surface area contributed by atoms with E-state index in [4.69, 9.17) is 4.74 Å². The second-order valence-electron chi connectivity index (χ2n) is 5.24. The maximum atomic E-state index is 5.07. The van der Waals surface area contributed by atoms with Gasteiger partial charge in [0.05, 0.1) is 31.2 Å². The fourth-order valence-corrected chi connectivity index (χ4v) is 2.47. The molecular formula is C17H19N5O. The highest BCUT2D eigenvalue weighted by atomic mass is 16.5. The van der Waals surface area contributed by atoms with E-state index in [0.29, 0.717) is 5.88 Å². The average molecular weight is 309 g/mol. The van der Waals surface area contributed by atoms with Gasteiger partial charge in [0, 0.05) is 23.5 Å². The van der Waals surface area contributed by atoms with Gasteiger partial charge in [-0.25, -0.2) is 14.6 Å². The maximum absolute atomic E-state index is 5.07. The Kier molecular flexibility index (Phi) is 4.23. The number of ether oxygens (including phenoxy) is 1. The van der Waals surface area contributed by atoms with Gasteiger partial charge in [-0.15, -0.1) is 0 Å². The van der Waals surface area contributed by atoms with Crippen molar-refractivity contribution < 1.29 is 4.74 Å². The lowest BCUT2D eigenvalue weighted by Crippen LogP contribution is -2.09. The van der Waals surface area contributed by atoms with Crippen LogP contribution in [-0.2, 0) is 0 Å². The van der Waals surface area contributed by atoms with Crippen LogP contribution < -0.4 is 10.1 Å². The van der Waals surface area contributed by atoms with Crippen LogP contribution in [0.15, 0.2) is 48.9 Å². The molecule has 0 saturated heterocycles. The van der Waals surface area contributed by atoms with E-state index in [0.717, 1.165) is 22.8 Å². The Morgan fingerprint density at radius 2 is 2.00 bits per heavy atom. The number of methoxy groups -OCH3 is 1. The van der Waals surface area contributed by atoms with Crippen LogP contribution in [0.3, 0.4) is 0 Å². The van der Waals surface area contributed by atoms with Crippen molar-refractivity contribution >= 4 is 5.69 Å². The molecule has 0 spiro atoms. The van der Waals surface area contributed by atoms with Crippen LogP contribution in [0.25, 0.3) is 5.82 Å². The summed E-state index contributed by atoms with van der Waals surface area (Å²) in [5.41, 5.74) is 3.11. The van der Waals surface area contributed by atoms with Gasteiger partial charge in [-0.3, -0.25) is 0 Å². The number of hydrogen-bond donors (Lipinski definition) is 1. The van der Waals surface area contributed by atoms with Gasteiger partial charge in [0.25, 0.3) is 0 Å². The third kappa shape index (κ3) is 3.15. The smallest absolute Gasteiger partial charge is 0.213 e. The molecule has 0 amide bonds. The molecule has 1 atom stereocenters. The van der Waals surface area contributed by atoms with Gasteiger partial charge >= 0.3 is 0 Å². The van der Waals surface area contributed by atoms with E-state index >= 15 is 0 Å². The summed E-state index contributed by atoms with van der Waals surface area (Å²) in [6, 6.07) is 9.66. The van der Waals surface area contributed by atoms with Crippen LogP contribution >= 0.6 is 0 Å². The predicted octanol–water partition coefficient (Wildman–Crippen LogP) is 3.15. The van der Waals surface area contributed by atoms with E-state index in [1.54, 1.807) is 19.5 Å². The number of rotatable bonds is 5. The van der Waals surface area contributed by atoms with Crippen LogP contribution in [-0.4, -0.2) is 26.9 Å². The van der Waals surface area contributed by atoms with Crippen molar-refractivity contribution in [1.82, 2.24) is 19.7 Å². The molecule has 0 aliphatic heterocycles. The van der Waals surface area contributed by atoms with Gasteiger partial charge in [-0.1, -0.05) is 6.07 Å². The summed E-state index contributed by atoms with van der Waals surface area (Å²) in [7, 11) is 1.60. The first-order valence-corrected chi connectivity index (χ1v) is 7.41. The summed E-state index contributed by atoms with van der Waals surface area (Å²) < 4.78 is 6.92. The number of nitrogens with zero attached hydrogens (tertiary/aromatic N) is 4. The van der Waals surface area contributed by atoms with Crippen LogP contribution in [0.5, 0.6) is 5.88 Å². The quantitative estimate of drug-likeness (QED) is 0.784. The molecule has 6 heteroatoms. The summed E-state index contributed by atoms with van der Waals surface area (Å²) in [6.45, 7) is 4.14. The zero-order chi connectivity index (χ0) is 16.2. The molecule has 6 nitrogen and oxygen atoms in total. The van der Waals surface area contributed by atoms with E-state index in [2.05, 4.69) is 27.3 Å². The monoisotopic (exact) mass is 309 g/mol. The topological polar surface area (TPSA) is 64.9 Å². The van der Waals surface area contributed by atoms with Gasteiger partial charge in [-0.2, -0.15) is 5.10 Å². The molecule has 0 aromatic carbocycles. The fraction of sp³-hybridized carbons (Fsp3) is 0.235. The molecule has 3 aromatic rings. The molecule has 0 bridgehead atoms. The van der Waals surface area contributed by atoms with E-state index in [1.807, 2.05) is 48.1 Å².